The fraction of sp³-hybridized carbons (Fsp3) is 0.167. The van der Waals surface area contributed by atoms with Gasteiger partial charge in [-0.3, -0.25) is 4.79 Å². The van der Waals surface area contributed by atoms with Crippen molar-refractivity contribution < 1.29 is 4.79 Å². The van der Waals surface area contributed by atoms with Crippen molar-refractivity contribution in [2.45, 2.75) is 13.0 Å². The number of carbonyl (C=O) groups excluding carboxylic acids is 1. The van der Waals surface area contributed by atoms with Crippen LogP contribution in [-0.2, 0) is 0 Å². The van der Waals surface area contributed by atoms with E-state index in [4.69, 9.17) is 11.6 Å². The Kier molecular flexibility index (Phi) is 3.48. The van der Waals surface area contributed by atoms with Gasteiger partial charge in [-0.15, -0.1) is 10.2 Å². The minimum Gasteiger partial charge on any atom is -0.343 e. The average molecular weight is 324 g/mol. The Morgan fingerprint density at radius 2 is 2.10 bits per heavy atom. The molecule has 0 saturated heterocycles. The summed E-state index contributed by atoms with van der Waals surface area (Å²) in [6.07, 6.45) is 0. The molecule has 0 fully saturated rings. The molecule has 2 heterocycles. The lowest BCUT2D eigenvalue weighted by Gasteiger charge is -2.13. The lowest BCUT2D eigenvalue weighted by molar-refractivity contribution is 0.0939. The van der Waals surface area contributed by atoms with E-state index in [1.54, 1.807) is 6.07 Å². The van der Waals surface area contributed by atoms with Gasteiger partial charge in [-0.1, -0.05) is 17.4 Å². The fourth-order valence-electron chi connectivity index (χ4n) is 1.96. The van der Waals surface area contributed by atoms with Crippen LogP contribution in [0.4, 0.5) is 0 Å². The zero-order chi connectivity index (χ0) is 15.0. The molecule has 0 spiro atoms. The van der Waals surface area contributed by atoms with Crippen molar-refractivity contribution in [2.75, 3.05) is 0 Å². The molecule has 21 heavy (non-hydrogen) atoms. The highest BCUT2D eigenvalue weighted by molar-refractivity contribution is 7.17. The monoisotopic (exact) mass is 323 g/mol. The van der Waals surface area contributed by atoms with Gasteiger partial charge in [0.2, 0.25) is 9.47 Å². The van der Waals surface area contributed by atoms with Crippen LogP contribution >= 0.6 is 22.9 Å². The van der Waals surface area contributed by atoms with Crippen molar-refractivity contribution in [2.24, 2.45) is 0 Å². The molecule has 2 aromatic heterocycles. The van der Waals surface area contributed by atoms with E-state index < -0.39 is 0 Å². The minimum absolute atomic E-state index is 0.211. The van der Waals surface area contributed by atoms with Crippen LogP contribution in [0.5, 0.6) is 0 Å². The number of benzene rings is 1. The highest BCUT2D eigenvalue weighted by Gasteiger charge is 2.16. The van der Waals surface area contributed by atoms with Crippen LogP contribution in [0.25, 0.3) is 11.0 Å². The molecule has 9 heteroatoms. The lowest BCUT2D eigenvalue weighted by atomic mass is 10.1. The first-order valence-corrected chi connectivity index (χ1v) is 7.24. The maximum Gasteiger partial charge on any atom is 0.323 e. The van der Waals surface area contributed by atoms with Crippen molar-refractivity contribution in [1.82, 2.24) is 25.5 Å². The maximum absolute atomic E-state index is 12.0. The summed E-state index contributed by atoms with van der Waals surface area (Å²) in [5.74, 6) is -0.338. The van der Waals surface area contributed by atoms with Crippen LogP contribution in [0.2, 0.25) is 4.47 Å². The number of amides is 1. The standard InChI is InChI=1S/C12H10ClN5O2S/c1-5(14-9(19)10-17-18-11(13)21-10)6-2-3-7-8(4-6)16-12(20)15-7/h2-5H,1H3,(H,14,19)(H2,15,16,20). The molecule has 0 aliphatic heterocycles. The third kappa shape index (κ3) is 2.81. The summed E-state index contributed by atoms with van der Waals surface area (Å²) in [6, 6.07) is 5.19. The fourth-order valence-corrected chi connectivity index (χ4v) is 2.69. The maximum atomic E-state index is 12.0. The molecule has 3 N–H and O–H groups in total. The number of imidazole rings is 1. The lowest BCUT2D eigenvalue weighted by Crippen LogP contribution is -2.26. The van der Waals surface area contributed by atoms with E-state index in [1.807, 2.05) is 19.1 Å². The van der Waals surface area contributed by atoms with E-state index in [-0.39, 0.29) is 27.1 Å². The second-order valence-corrected chi connectivity index (χ2v) is 6.00. The zero-order valence-corrected chi connectivity index (χ0v) is 12.4. The minimum atomic E-state index is -0.338. The number of H-pyrrole nitrogens is 2. The van der Waals surface area contributed by atoms with Crippen molar-refractivity contribution in [3.8, 4) is 0 Å². The number of fused-ring (bicyclic) bond motifs is 1. The molecule has 1 aromatic carbocycles. The number of rotatable bonds is 3. The third-order valence-electron chi connectivity index (χ3n) is 2.98. The molecule has 1 amide bonds. The second-order valence-electron chi connectivity index (χ2n) is 4.44. The number of nitrogens with one attached hydrogen (secondary N) is 3. The van der Waals surface area contributed by atoms with Gasteiger partial charge in [-0.2, -0.15) is 0 Å². The molecule has 0 aliphatic carbocycles. The van der Waals surface area contributed by atoms with E-state index in [9.17, 15) is 9.59 Å². The first kappa shape index (κ1) is 13.8. The van der Waals surface area contributed by atoms with Crippen molar-refractivity contribution in [3.63, 3.8) is 0 Å². The summed E-state index contributed by atoms with van der Waals surface area (Å²) in [4.78, 5) is 28.6. The number of aromatic amines is 2. The van der Waals surface area contributed by atoms with Gasteiger partial charge in [-0.25, -0.2) is 4.79 Å². The predicted octanol–water partition coefficient (Wildman–Crippen LogP) is 1.85. The summed E-state index contributed by atoms with van der Waals surface area (Å²) in [5.41, 5.74) is 2.01. The third-order valence-corrected chi connectivity index (χ3v) is 4.00. The van der Waals surface area contributed by atoms with Gasteiger partial charge in [0.1, 0.15) is 0 Å². The molecule has 108 valence electrons. The van der Waals surface area contributed by atoms with Crippen molar-refractivity contribution in [3.05, 3.63) is 43.7 Å². The Morgan fingerprint density at radius 1 is 1.33 bits per heavy atom. The van der Waals surface area contributed by atoms with Crippen LogP contribution < -0.4 is 11.0 Å². The van der Waals surface area contributed by atoms with Crippen LogP contribution in [-0.4, -0.2) is 26.1 Å². The molecule has 3 aromatic rings. The zero-order valence-electron chi connectivity index (χ0n) is 10.8. The van der Waals surface area contributed by atoms with Gasteiger partial charge in [0.25, 0.3) is 5.91 Å². The summed E-state index contributed by atoms with van der Waals surface area (Å²) in [7, 11) is 0. The van der Waals surface area contributed by atoms with Gasteiger partial charge in [0.05, 0.1) is 17.1 Å². The molecule has 0 aliphatic rings. The molecule has 1 atom stereocenters. The second kappa shape index (κ2) is 5.30. The van der Waals surface area contributed by atoms with Crippen LogP contribution in [0.3, 0.4) is 0 Å². The van der Waals surface area contributed by atoms with Crippen LogP contribution in [0.1, 0.15) is 28.3 Å². The molecule has 3 rings (SSSR count). The van der Waals surface area contributed by atoms with Gasteiger partial charge < -0.3 is 15.3 Å². The summed E-state index contributed by atoms with van der Waals surface area (Å²) < 4.78 is 0.221. The van der Waals surface area contributed by atoms with Crippen LogP contribution in [0.15, 0.2) is 23.0 Å². The van der Waals surface area contributed by atoms with E-state index in [2.05, 4.69) is 25.5 Å². The van der Waals surface area contributed by atoms with Gasteiger partial charge in [0, 0.05) is 0 Å². The highest BCUT2D eigenvalue weighted by Crippen LogP contribution is 2.19. The van der Waals surface area contributed by atoms with E-state index in [1.165, 1.54) is 0 Å². The Labute approximate surface area is 127 Å². The summed E-state index contributed by atoms with van der Waals surface area (Å²) >= 11 is 6.67. The van der Waals surface area contributed by atoms with E-state index in [0.717, 1.165) is 22.4 Å². The molecule has 1 unspecified atom stereocenters. The van der Waals surface area contributed by atoms with Gasteiger partial charge in [0.15, 0.2) is 0 Å². The molecule has 0 bridgehead atoms. The smallest absolute Gasteiger partial charge is 0.323 e. The quantitative estimate of drug-likeness (QED) is 0.684. The van der Waals surface area contributed by atoms with Gasteiger partial charge >= 0.3 is 5.69 Å². The summed E-state index contributed by atoms with van der Waals surface area (Å²) in [5, 5.41) is 10.3. The number of hydrogen-bond donors (Lipinski definition) is 3. The van der Waals surface area contributed by atoms with E-state index >= 15 is 0 Å². The first-order valence-electron chi connectivity index (χ1n) is 6.05. The number of nitrogens with zero attached hydrogens (tertiary/aromatic N) is 2. The van der Waals surface area contributed by atoms with Crippen molar-refractivity contribution in [1.29, 1.82) is 0 Å². The largest absolute Gasteiger partial charge is 0.343 e. The number of carbonyl (C=O) groups is 1. The summed E-state index contributed by atoms with van der Waals surface area (Å²) in [6.45, 7) is 1.84. The average Bonchev–Trinajstić information content (AvgIpc) is 3.02. The number of halogens is 1. The molecule has 7 nitrogen and oxygen atoms in total. The Balaban J connectivity index is 1.81. The van der Waals surface area contributed by atoms with Crippen LogP contribution in [0, 0.1) is 0 Å². The SMILES string of the molecule is CC(NC(=O)c1nnc(Cl)s1)c1ccc2[nH]c(=O)[nH]c2c1. The molecular weight excluding hydrogens is 314 g/mol. The van der Waals surface area contributed by atoms with Crippen molar-refractivity contribution >= 4 is 39.9 Å². The Morgan fingerprint density at radius 3 is 2.81 bits per heavy atom. The normalized spacial score (nSPS) is 12.5. The van der Waals surface area contributed by atoms with E-state index in [0.29, 0.717) is 5.52 Å². The number of aromatic nitrogens is 4. The van der Waals surface area contributed by atoms with Gasteiger partial charge in [-0.05, 0) is 36.2 Å². The highest BCUT2D eigenvalue weighted by atomic mass is 35.5. The first-order chi connectivity index (χ1) is 10.0. The molecular formula is C12H10ClN5O2S. The number of hydrogen-bond acceptors (Lipinski definition) is 5. The molecule has 0 radical (unpaired) electrons. The molecule has 0 saturated carbocycles. The topological polar surface area (TPSA) is 104 Å². The Bertz CT molecular complexity index is 868. The predicted molar refractivity (Wildman–Crippen MR) is 79.7 cm³/mol. The Hall–Kier alpha value is -2.19.